The number of rotatable bonds is 4. The van der Waals surface area contributed by atoms with Gasteiger partial charge in [0, 0.05) is 13.0 Å². The Morgan fingerprint density at radius 1 is 1.48 bits per heavy atom. The molecular formula is C18H25N3O4. The van der Waals surface area contributed by atoms with E-state index in [2.05, 4.69) is 5.32 Å². The van der Waals surface area contributed by atoms with Crippen LogP contribution in [0, 0.1) is 0 Å². The lowest BCUT2D eigenvalue weighted by molar-refractivity contribution is -0.136. The highest BCUT2D eigenvalue weighted by Gasteiger charge is 2.42. The maximum Gasteiger partial charge on any atom is 0.255 e. The number of benzene rings is 1. The van der Waals surface area contributed by atoms with Crippen molar-refractivity contribution in [3.8, 4) is 11.5 Å². The highest BCUT2D eigenvalue weighted by atomic mass is 16.5. The molecular weight excluding hydrogens is 322 g/mol. The summed E-state index contributed by atoms with van der Waals surface area (Å²) in [6, 6.07) is 5.21. The minimum absolute atomic E-state index is 0.0960. The minimum atomic E-state index is -0.591. The van der Waals surface area contributed by atoms with Crippen molar-refractivity contribution >= 4 is 11.8 Å². The first-order chi connectivity index (χ1) is 12.1. The molecule has 1 aromatic carbocycles. The predicted molar refractivity (Wildman–Crippen MR) is 92.8 cm³/mol. The first-order valence-corrected chi connectivity index (χ1v) is 8.70. The van der Waals surface area contributed by atoms with Gasteiger partial charge in [0.2, 0.25) is 5.91 Å². The smallest absolute Gasteiger partial charge is 0.255 e. The van der Waals surface area contributed by atoms with E-state index >= 15 is 0 Å². The van der Waals surface area contributed by atoms with Crippen molar-refractivity contribution in [2.24, 2.45) is 5.73 Å². The summed E-state index contributed by atoms with van der Waals surface area (Å²) in [5.41, 5.74) is 5.37. The fourth-order valence-electron chi connectivity index (χ4n) is 3.46. The van der Waals surface area contributed by atoms with E-state index in [1.807, 2.05) is 4.90 Å². The zero-order chi connectivity index (χ0) is 17.9. The van der Waals surface area contributed by atoms with Crippen molar-refractivity contribution in [3.63, 3.8) is 0 Å². The van der Waals surface area contributed by atoms with Gasteiger partial charge in [0.15, 0.2) is 0 Å². The third kappa shape index (κ3) is 3.71. The van der Waals surface area contributed by atoms with Crippen LogP contribution in [-0.2, 0) is 4.79 Å². The van der Waals surface area contributed by atoms with Crippen molar-refractivity contribution in [1.29, 1.82) is 0 Å². The number of likely N-dealkylation sites (tertiary alicyclic amines) is 1. The number of fused-ring (bicyclic) bond motifs is 1. The lowest BCUT2D eigenvalue weighted by Crippen LogP contribution is -2.57. The Balaban J connectivity index is 1.81. The van der Waals surface area contributed by atoms with Gasteiger partial charge < -0.3 is 25.4 Å². The summed E-state index contributed by atoms with van der Waals surface area (Å²) in [7, 11) is 1.56. The zero-order valence-electron chi connectivity index (χ0n) is 14.5. The van der Waals surface area contributed by atoms with Crippen LogP contribution < -0.4 is 20.5 Å². The third-order valence-electron chi connectivity index (χ3n) is 4.82. The molecule has 1 saturated heterocycles. The molecule has 0 saturated carbocycles. The second kappa shape index (κ2) is 7.31. The van der Waals surface area contributed by atoms with Crippen LogP contribution in [0.15, 0.2) is 18.2 Å². The molecule has 136 valence electrons. The van der Waals surface area contributed by atoms with Gasteiger partial charge in [0.25, 0.3) is 5.91 Å². The predicted octanol–water partition coefficient (Wildman–Crippen LogP) is 0.918. The Morgan fingerprint density at radius 2 is 2.32 bits per heavy atom. The molecule has 2 heterocycles. The number of nitrogens with zero attached hydrogens (tertiary/aromatic N) is 1. The number of methoxy groups -OCH3 is 1. The maximum atomic E-state index is 12.4. The van der Waals surface area contributed by atoms with Crippen LogP contribution in [0.1, 0.15) is 36.0 Å². The summed E-state index contributed by atoms with van der Waals surface area (Å²) in [6.45, 7) is 2.08. The molecule has 0 radical (unpaired) electrons. The molecule has 2 aliphatic heterocycles. The van der Waals surface area contributed by atoms with Crippen molar-refractivity contribution in [1.82, 2.24) is 10.2 Å². The van der Waals surface area contributed by atoms with Crippen LogP contribution in [0.25, 0.3) is 0 Å². The van der Waals surface area contributed by atoms with Gasteiger partial charge in [-0.25, -0.2) is 0 Å². The van der Waals surface area contributed by atoms with Gasteiger partial charge in [-0.15, -0.1) is 0 Å². The maximum absolute atomic E-state index is 12.4. The van der Waals surface area contributed by atoms with E-state index in [0.29, 0.717) is 49.5 Å². The molecule has 1 fully saturated rings. The number of carbonyl (C=O) groups excluding carboxylic acids is 2. The second-order valence-electron chi connectivity index (χ2n) is 6.64. The third-order valence-corrected chi connectivity index (χ3v) is 4.82. The monoisotopic (exact) mass is 347 g/mol. The molecule has 2 amide bonds. The number of nitrogens with one attached hydrogen (secondary N) is 1. The molecule has 2 aliphatic rings. The highest BCUT2D eigenvalue weighted by Crippen LogP contribution is 2.34. The highest BCUT2D eigenvalue weighted by molar-refractivity contribution is 5.97. The number of hydrogen-bond acceptors (Lipinski definition) is 5. The molecule has 0 aliphatic carbocycles. The number of piperidine rings is 1. The molecule has 0 bridgehead atoms. The summed E-state index contributed by atoms with van der Waals surface area (Å²) in [5, 5.41) is 2.94. The number of amides is 2. The summed E-state index contributed by atoms with van der Waals surface area (Å²) >= 11 is 0. The summed E-state index contributed by atoms with van der Waals surface area (Å²) < 4.78 is 11.5. The molecule has 7 nitrogen and oxygen atoms in total. The lowest BCUT2D eigenvalue weighted by atomic mass is 9.92. The average molecular weight is 347 g/mol. The van der Waals surface area contributed by atoms with Crippen molar-refractivity contribution < 1.29 is 19.1 Å². The van der Waals surface area contributed by atoms with Crippen LogP contribution in [0.2, 0.25) is 0 Å². The fraction of sp³-hybridized carbons (Fsp3) is 0.556. The Hall–Kier alpha value is -2.28. The standard InChI is InChI=1S/C18H25N3O4/c1-24-13-5-6-15-14(10-13)17(23)20-11-18(25-15)7-3-9-21(12-18)16(22)4-2-8-19/h5-6,10H,2-4,7-9,11-12,19H2,1H3,(H,20,23). The van der Waals surface area contributed by atoms with Gasteiger partial charge in [-0.2, -0.15) is 0 Å². The van der Waals surface area contributed by atoms with Crippen molar-refractivity contribution in [3.05, 3.63) is 23.8 Å². The Kier molecular flexibility index (Phi) is 5.13. The van der Waals surface area contributed by atoms with Crippen LogP contribution in [0.4, 0.5) is 0 Å². The van der Waals surface area contributed by atoms with E-state index in [1.165, 1.54) is 0 Å². The van der Waals surface area contributed by atoms with E-state index < -0.39 is 5.60 Å². The summed E-state index contributed by atoms with van der Waals surface area (Å²) in [5.74, 6) is 1.05. The van der Waals surface area contributed by atoms with Gasteiger partial charge in [0.1, 0.15) is 17.1 Å². The number of ether oxygens (including phenoxy) is 2. The number of carbonyl (C=O) groups is 2. The van der Waals surface area contributed by atoms with Gasteiger partial charge in [-0.1, -0.05) is 0 Å². The average Bonchev–Trinajstić information content (AvgIpc) is 2.76. The Labute approximate surface area is 147 Å². The molecule has 1 aromatic rings. The minimum Gasteiger partial charge on any atom is -0.497 e. The van der Waals surface area contributed by atoms with E-state index in [9.17, 15) is 9.59 Å². The largest absolute Gasteiger partial charge is 0.497 e. The normalized spacial score (nSPS) is 22.6. The first kappa shape index (κ1) is 17.5. The lowest BCUT2D eigenvalue weighted by Gasteiger charge is -2.42. The van der Waals surface area contributed by atoms with Crippen LogP contribution >= 0.6 is 0 Å². The van der Waals surface area contributed by atoms with Gasteiger partial charge in [-0.3, -0.25) is 9.59 Å². The number of nitrogens with two attached hydrogens (primary N) is 1. The van der Waals surface area contributed by atoms with Crippen LogP contribution in [0.3, 0.4) is 0 Å². The van der Waals surface area contributed by atoms with E-state index in [0.717, 1.165) is 19.4 Å². The Morgan fingerprint density at radius 3 is 3.08 bits per heavy atom. The molecule has 1 atom stereocenters. The second-order valence-corrected chi connectivity index (χ2v) is 6.64. The van der Waals surface area contributed by atoms with E-state index in [1.54, 1.807) is 25.3 Å². The molecule has 3 N–H and O–H groups in total. The van der Waals surface area contributed by atoms with Crippen LogP contribution in [0.5, 0.6) is 11.5 Å². The fourth-order valence-corrected chi connectivity index (χ4v) is 3.46. The van der Waals surface area contributed by atoms with Gasteiger partial charge >= 0.3 is 0 Å². The van der Waals surface area contributed by atoms with E-state index in [4.69, 9.17) is 15.2 Å². The molecule has 1 unspecified atom stereocenters. The van der Waals surface area contributed by atoms with Crippen LogP contribution in [-0.4, -0.2) is 55.6 Å². The summed E-state index contributed by atoms with van der Waals surface area (Å²) in [4.78, 5) is 26.6. The molecule has 0 aromatic heterocycles. The topological polar surface area (TPSA) is 93.9 Å². The van der Waals surface area contributed by atoms with E-state index in [-0.39, 0.29) is 11.8 Å². The van der Waals surface area contributed by atoms with Gasteiger partial charge in [0.05, 0.1) is 25.8 Å². The van der Waals surface area contributed by atoms with Crippen molar-refractivity contribution in [2.45, 2.75) is 31.3 Å². The molecule has 3 rings (SSSR count). The number of hydrogen-bond donors (Lipinski definition) is 2. The summed E-state index contributed by atoms with van der Waals surface area (Å²) in [6.07, 6.45) is 2.77. The first-order valence-electron chi connectivity index (χ1n) is 8.70. The van der Waals surface area contributed by atoms with Gasteiger partial charge in [-0.05, 0) is 44.0 Å². The van der Waals surface area contributed by atoms with Crippen molar-refractivity contribution in [2.75, 3.05) is 33.3 Å². The molecule has 1 spiro atoms. The molecule has 7 heteroatoms. The zero-order valence-corrected chi connectivity index (χ0v) is 14.5. The Bertz CT molecular complexity index is 664. The molecule has 25 heavy (non-hydrogen) atoms. The SMILES string of the molecule is COc1ccc2c(c1)C(=O)NCC1(CCCN(C(=O)CCCN)C1)O2. The quantitative estimate of drug-likeness (QED) is 0.845.